The summed E-state index contributed by atoms with van der Waals surface area (Å²) in [6, 6.07) is 1.83. The average molecular weight is 387 g/mol. The Balaban J connectivity index is 1.23. The van der Waals surface area contributed by atoms with Crippen molar-refractivity contribution >= 4 is 16.5 Å². The third kappa shape index (κ3) is 3.55. The van der Waals surface area contributed by atoms with Gasteiger partial charge in [-0.25, -0.2) is 9.67 Å². The van der Waals surface area contributed by atoms with Crippen molar-refractivity contribution in [1.29, 1.82) is 0 Å². The molecule has 0 bridgehead atoms. The number of thiazole rings is 1. The van der Waals surface area contributed by atoms with Gasteiger partial charge in [-0.1, -0.05) is 11.3 Å². The summed E-state index contributed by atoms with van der Waals surface area (Å²) in [5.74, 6) is 0.519. The SMILES string of the molecule is O=c1cc2c(nn1CC1CCN(c3nc4c(s3)COCC4)CC1)CCCC2. The quantitative estimate of drug-likeness (QED) is 0.811. The average Bonchev–Trinajstić information content (AvgIpc) is 3.13. The summed E-state index contributed by atoms with van der Waals surface area (Å²) in [6.07, 6.45) is 7.53. The van der Waals surface area contributed by atoms with E-state index in [1.54, 1.807) is 16.0 Å². The second-order valence-corrected chi connectivity index (χ2v) is 9.01. The molecule has 2 aromatic rings. The molecule has 6 nitrogen and oxygen atoms in total. The summed E-state index contributed by atoms with van der Waals surface area (Å²) < 4.78 is 7.27. The molecule has 144 valence electrons. The third-order valence-corrected chi connectivity index (χ3v) is 7.21. The Kier molecular flexibility index (Phi) is 4.73. The summed E-state index contributed by atoms with van der Waals surface area (Å²) in [5, 5.41) is 5.84. The summed E-state index contributed by atoms with van der Waals surface area (Å²) in [4.78, 5) is 21.0. The van der Waals surface area contributed by atoms with Gasteiger partial charge in [-0.15, -0.1) is 0 Å². The van der Waals surface area contributed by atoms with Gasteiger partial charge in [0.1, 0.15) is 0 Å². The molecule has 7 heteroatoms. The van der Waals surface area contributed by atoms with Gasteiger partial charge in [0.25, 0.3) is 5.56 Å². The highest BCUT2D eigenvalue weighted by molar-refractivity contribution is 7.15. The van der Waals surface area contributed by atoms with Gasteiger partial charge >= 0.3 is 0 Å². The van der Waals surface area contributed by atoms with Crippen molar-refractivity contribution in [2.75, 3.05) is 24.6 Å². The summed E-state index contributed by atoms with van der Waals surface area (Å²) >= 11 is 1.79. The number of hydrogen-bond donors (Lipinski definition) is 0. The van der Waals surface area contributed by atoms with E-state index in [0.29, 0.717) is 5.92 Å². The zero-order valence-electron chi connectivity index (χ0n) is 15.7. The minimum Gasteiger partial charge on any atom is -0.375 e. The molecule has 0 spiro atoms. The van der Waals surface area contributed by atoms with E-state index in [-0.39, 0.29) is 5.56 Å². The van der Waals surface area contributed by atoms with Crippen LogP contribution in [-0.4, -0.2) is 34.5 Å². The standard InChI is InChI=1S/C20H26N4O2S/c25-19-11-15-3-1-2-4-16(15)22-24(19)12-14-5-8-23(9-6-14)20-21-17-7-10-26-13-18(17)27-20/h11,14H,1-10,12-13H2. The molecule has 3 aliphatic rings. The second kappa shape index (κ2) is 7.36. The molecule has 2 aliphatic heterocycles. The van der Waals surface area contributed by atoms with Gasteiger partial charge in [0.15, 0.2) is 5.13 Å². The molecule has 0 aromatic carbocycles. The van der Waals surface area contributed by atoms with Crippen molar-refractivity contribution in [3.05, 3.63) is 38.2 Å². The van der Waals surface area contributed by atoms with Crippen LogP contribution in [0.4, 0.5) is 5.13 Å². The van der Waals surface area contributed by atoms with Gasteiger partial charge in [-0.05, 0) is 50.0 Å². The maximum absolute atomic E-state index is 12.4. The minimum absolute atomic E-state index is 0.0747. The van der Waals surface area contributed by atoms with Crippen LogP contribution in [-0.2, 0) is 37.2 Å². The maximum atomic E-state index is 12.4. The Morgan fingerprint density at radius 1 is 1.15 bits per heavy atom. The van der Waals surface area contributed by atoms with Crippen LogP contribution in [0.25, 0.3) is 0 Å². The van der Waals surface area contributed by atoms with Crippen molar-refractivity contribution in [2.24, 2.45) is 5.92 Å². The number of aryl methyl sites for hydroxylation is 2. The normalized spacial score (nSPS) is 20.4. The van der Waals surface area contributed by atoms with E-state index >= 15 is 0 Å². The lowest BCUT2D eigenvalue weighted by molar-refractivity contribution is 0.112. The van der Waals surface area contributed by atoms with Crippen molar-refractivity contribution < 1.29 is 4.74 Å². The van der Waals surface area contributed by atoms with E-state index in [1.807, 2.05) is 6.07 Å². The zero-order valence-corrected chi connectivity index (χ0v) is 16.5. The first-order valence-corrected chi connectivity index (χ1v) is 11.0. The number of rotatable bonds is 3. The van der Waals surface area contributed by atoms with Crippen LogP contribution in [0.2, 0.25) is 0 Å². The van der Waals surface area contributed by atoms with Crippen LogP contribution < -0.4 is 10.5 Å². The molecule has 0 unspecified atom stereocenters. The summed E-state index contributed by atoms with van der Waals surface area (Å²) in [6.45, 7) is 4.29. The fourth-order valence-corrected chi connectivity index (χ4v) is 5.53. The Labute approximate surface area is 163 Å². The lowest BCUT2D eigenvalue weighted by Gasteiger charge is -2.32. The molecule has 1 fully saturated rings. The van der Waals surface area contributed by atoms with Crippen molar-refractivity contribution in [2.45, 2.75) is 58.1 Å². The molecule has 2 aromatic heterocycles. The van der Waals surface area contributed by atoms with Crippen LogP contribution in [0.15, 0.2) is 10.9 Å². The minimum atomic E-state index is 0.0747. The van der Waals surface area contributed by atoms with E-state index in [0.717, 1.165) is 75.8 Å². The van der Waals surface area contributed by atoms with Gasteiger partial charge < -0.3 is 9.64 Å². The maximum Gasteiger partial charge on any atom is 0.267 e. The molecule has 0 radical (unpaired) electrons. The van der Waals surface area contributed by atoms with Crippen LogP contribution >= 0.6 is 11.3 Å². The largest absolute Gasteiger partial charge is 0.375 e. The fraction of sp³-hybridized carbons (Fsp3) is 0.650. The first kappa shape index (κ1) is 17.4. The van der Waals surface area contributed by atoms with Crippen LogP contribution in [0.5, 0.6) is 0 Å². The highest BCUT2D eigenvalue weighted by Gasteiger charge is 2.25. The number of fused-ring (bicyclic) bond motifs is 2. The Morgan fingerprint density at radius 2 is 2.00 bits per heavy atom. The fourth-order valence-electron chi connectivity index (χ4n) is 4.43. The smallest absolute Gasteiger partial charge is 0.267 e. The highest BCUT2D eigenvalue weighted by atomic mass is 32.1. The summed E-state index contributed by atoms with van der Waals surface area (Å²) in [7, 11) is 0. The van der Waals surface area contributed by atoms with E-state index in [2.05, 4.69) is 4.90 Å². The van der Waals surface area contributed by atoms with Gasteiger partial charge in [0.05, 0.1) is 29.5 Å². The van der Waals surface area contributed by atoms with Crippen LogP contribution in [0.3, 0.4) is 0 Å². The van der Waals surface area contributed by atoms with E-state index in [9.17, 15) is 4.79 Å². The topological polar surface area (TPSA) is 60.2 Å². The van der Waals surface area contributed by atoms with Gasteiger partial charge in [-0.2, -0.15) is 5.10 Å². The molecule has 1 saturated heterocycles. The van der Waals surface area contributed by atoms with Gasteiger partial charge in [0, 0.05) is 32.1 Å². The molecule has 5 rings (SSSR count). The second-order valence-electron chi connectivity index (χ2n) is 7.94. The molecular weight excluding hydrogens is 360 g/mol. The number of aromatic nitrogens is 3. The molecular formula is C20H26N4O2S. The van der Waals surface area contributed by atoms with Crippen LogP contribution in [0, 0.1) is 5.92 Å². The lowest BCUT2D eigenvalue weighted by Crippen LogP contribution is -2.37. The molecule has 0 saturated carbocycles. The Morgan fingerprint density at radius 3 is 2.85 bits per heavy atom. The molecule has 0 N–H and O–H groups in total. The predicted molar refractivity (Wildman–Crippen MR) is 106 cm³/mol. The number of nitrogens with zero attached hydrogens (tertiary/aromatic N) is 4. The van der Waals surface area contributed by atoms with Gasteiger partial charge in [-0.3, -0.25) is 4.79 Å². The molecule has 1 aliphatic carbocycles. The third-order valence-electron chi connectivity index (χ3n) is 6.07. The zero-order chi connectivity index (χ0) is 18.2. The first-order chi connectivity index (χ1) is 13.3. The van der Waals surface area contributed by atoms with E-state index < -0.39 is 0 Å². The number of anilines is 1. The first-order valence-electron chi connectivity index (χ1n) is 10.2. The van der Waals surface area contributed by atoms with E-state index in [4.69, 9.17) is 14.8 Å². The predicted octanol–water partition coefficient (Wildman–Crippen LogP) is 2.57. The summed E-state index contributed by atoms with van der Waals surface area (Å²) in [5.41, 5.74) is 3.63. The monoisotopic (exact) mass is 386 g/mol. The van der Waals surface area contributed by atoms with Crippen molar-refractivity contribution in [1.82, 2.24) is 14.8 Å². The van der Waals surface area contributed by atoms with Crippen LogP contribution in [0.1, 0.15) is 47.5 Å². The molecule has 0 atom stereocenters. The molecule has 0 amide bonds. The molecule has 4 heterocycles. The lowest BCUT2D eigenvalue weighted by atomic mass is 9.96. The van der Waals surface area contributed by atoms with E-state index in [1.165, 1.54) is 29.0 Å². The Bertz CT molecular complexity index is 859. The van der Waals surface area contributed by atoms with Crippen molar-refractivity contribution in [3.8, 4) is 0 Å². The Hall–Kier alpha value is -1.73. The number of piperidine rings is 1. The van der Waals surface area contributed by atoms with Gasteiger partial charge in [0.2, 0.25) is 0 Å². The number of hydrogen-bond acceptors (Lipinski definition) is 6. The van der Waals surface area contributed by atoms with Crippen molar-refractivity contribution in [3.63, 3.8) is 0 Å². The highest BCUT2D eigenvalue weighted by Crippen LogP contribution is 2.32. The number of ether oxygens (including phenoxy) is 1. The molecule has 27 heavy (non-hydrogen) atoms.